The Morgan fingerprint density at radius 3 is 2.33 bits per heavy atom. The van der Waals surface area contributed by atoms with Gasteiger partial charge in [-0.25, -0.2) is 13.1 Å². The molecule has 2 rings (SSSR count). The normalized spacial score (nSPS) is 11.3. The minimum Gasteiger partial charge on any atom is -0.348 e. The van der Waals surface area contributed by atoms with Crippen molar-refractivity contribution in [1.82, 2.24) is 10.0 Å². The molecule has 0 radical (unpaired) electrons. The third-order valence-corrected chi connectivity index (χ3v) is 5.38. The largest absolute Gasteiger partial charge is 0.348 e. The molecule has 5 nitrogen and oxygen atoms in total. The zero-order valence-electron chi connectivity index (χ0n) is 14.3. The molecule has 2 aromatic rings. The number of hydrogen-bond acceptors (Lipinski definition) is 3. The van der Waals surface area contributed by atoms with Crippen molar-refractivity contribution in [2.75, 3.05) is 7.05 Å². The smallest absolute Gasteiger partial charge is 0.251 e. The van der Waals surface area contributed by atoms with Gasteiger partial charge in [-0.2, -0.15) is 0 Å². The molecule has 0 aliphatic rings. The minimum absolute atomic E-state index is 0.0762. The average Bonchev–Trinajstić information content (AvgIpc) is 2.54. The van der Waals surface area contributed by atoms with Crippen LogP contribution >= 0.6 is 0 Å². The van der Waals surface area contributed by atoms with Crippen LogP contribution in [0, 0.1) is 20.8 Å². The third-order valence-electron chi connectivity index (χ3n) is 3.97. The highest BCUT2D eigenvalue weighted by Crippen LogP contribution is 2.16. The summed E-state index contributed by atoms with van der Waals surface area (Å²) >= 11 is 0. The van der Waals surface area contributed by atoms with E-state index in [0.717, 1.165) is 16.7 Å². The molecule has 6 heteroatoms. The maximum atomic E-state index is 12.5. The molecule has 1 amide bonds. The lowest BCUT2D eigenvalue weighted by Crippen LogP contribution is -2.25. The Labute approximate surface area is 143 Å². The lowest BCUT2D eigenvalue weighted by Gasteiger charge is -2.11. The van der Waals surface area contributed by atoms with Gasteiger partial charge in [0.05, 0.1) is 4.90 Å². The van der Waals surface area contributed by atoms with Gasteiger partial charge >= 0.3 is 0 Å². The topological polar surface area (TPSA) is 75.3 Å². The fourth-order valence-corrected chi connectivity index (χ4v) is 3.20. The fraction of sp³-hybridized carbons (Fsp3) is 0.278. The summed E-state index contributed by atoms with van der Waals surface area (Å²) in [7, 11) is -2.24. The lowest BCUT2D eigenvalue weighted by atomic mass is 10.1. The molecule has 128 valence electrons. The predicted octanol–water partition coefficient (Wildman–Crippen LogP) is 2.45. The quantitative estimate of drug-likeness (QED) is 0.873. The molecule has 2 aromatic carbocycles. The zero-order valence-corrected chi connectivity index (χ0v) is 15.1. The first-order valence-electron chi connectivity index (χ1n) is 7.63. The predicted molar refractivity (Wildman–Crippen MR) is 94.5 cm³/mol. The van der Waals surface area contributed by atoms with E-state index in [2.05, 4.69) is 16.1 Å². The van der Waals surface area contributed by atoms with Gasteiger partial charge in [-0.15, -0.1) is 0 Å². The number of carbonyl (C=O) groups excluding carboxylic acids is 1. The maximum Gasteiger partial charge on any atom is 0.251 e. The Kier molecular flexibility index (Phi) is 5.41. The van der Waals surface area contributed by atoms with E-state index in [9.17, 15) is 13.2 Å². The summed E-state index contributed by atoms with van der Waals surface area (Å²) in [6.07, 6.45) is 0. The van der Waals surface area contributed by atoms with Gasteiger partial charge in [0.15, 0.2) is 0 Å². The Hall–Kier alpha value is -2.18. The molecule has 24 heavy (non-hydrogen) atoms. The number of benzene rings is 2. The Morgan fingerprint density at radius 2 is 1.71 bits per heavy atom. The van der Waals surface area contributed by atoms with Crippen molar-refractivity contribution in [2.24, 2.45) is 0 Å². The van der Waals surface area contributed by atoms with E-state index in [4.69, 9.17) is 0 Å². The molecule has 2 N–H and O–H groups in total. The summed E-state index contributed by atoms with van der Waals surface area (Å²) in [5.41, 5.74) is 4.40. The van der Waals surface area contributed by atoms with E-state index in [-0.39, 0.29) is 10.8 Å². The molecule has 0 aromatic heterocycles. The van der Waals surface area contributed by atoms with Crippen molar-refractivity contribution < 1.29 is 13.2 Å². The summed E-state index contributed by atoms with van der Waals surface area (Å²) in [6.45, 7) is 6.20. The van der Waals surface area contributed by atoms with Crippen LogP contribution in [0.1, 0.15) is 32.6 Å². The summed E-state index contributed by atoms with van der Waals surface area (Å²) < 4.78 is 26.1. The number of hydrogen-bond donors (Lipinski definition) is 2. The van der Waals surface area contributed by atoms with Crippen LogP contribution in [0.15, 0.2) is 41.3 Å². The SMILES string of the molecule is CNS(=O)(=O)c1ccc(C)c(C(=O)NCc2ccc(C)cc2C)c1. The van der Waals surface area contributed by atoms with E-state index in [1.54, 1.807) is 13.0 Å². The van der Waals surface area contributed by atoms with Gasteiger partial charge in [-0.3, -0.25) is 4.79 Å². The first kappa shape index (κ1) is 18.2. The van der Waals surface area contributed by atoms with Crippen molar-refractivity contribution in [1.29, 1.82) is 0 Å². The summed E-state index contributed by atoms with van der Waals surface area (Å²) in [4.78, 5) is 12.5. The average molecular weight is 346 g/mol. The molecule has 0 heterocycles. The van der Waals surface area contributed by atoms with Gasteiger partial charge in [-0.1, -0.05) is 29.8 Å². The van der Waals surface area contributed by atoms with Crippen molar-refractivity contribution in [3.63, 3.8) is 0 Å². The molecule has 0 spiro atoms. The van der Waals surface area contributed by atoms with Gasteiger partial charge in [0.25, 0.3) is 5.91 Å². The highest BCUT2D eigenvalue weighted by atomic mass is 32.2. The number of rotatable bonds is 5. The van der Waals surface area contributed by atoms with Gasteiger partial charge in [0, 0.05) is 12.1 Å². The Morgan fingerprint density at radius 1 is 1.00 bits per heavy atom. The first-order chi connectivity index (χ1) is 11.2. The van der Waals surface area contributed by atoms with Crippen molar-refractivity contribution >= 4 is 15.9 Å². The lowest BCUT2D eigenvalue weighted by molar-refractivity contribution is 0.0950. The number of sulfonamides is 1. The molecule has 0 aliphatic carbocycles. The molecule has 0 fully saturated rings. The number of aryl methyl sites for hydroxylation is 3. The van der Waals surface area contributed by atoms with Crippen LogP contribution < -0.4 is 10.0 Å². The molecule has 0 saturated carbocycles. The van der Waals surface area contributed by atoms with Crippen molar-refractivity contribution in [3.05, 3.63) is 64.2 Å². The monoisotopic (exact) mass is 346 g/mol. The van der Waals surface area contributed by atoms with E-state index in [1.807, 2.05) is 26.0 Å². The van der Waals surface area contributed by atoms with Crippen molar-refractivity contribution in [2.45, 2.75) is 32.2 Å². The fourth-order valence-electron chi connectivity index (χ4n) is 2.45. The molecule has 0 atom stereocenters. The van der Waals surface area contributed by atoms with E-state index in [0.29, 0.717) is 12.1 Å². The molecule has 0 saturated heterocycles. The maximum absolute atomic E-state index is 12.5. The van der Waals surface area contributed by atoms with Crippen LogP contribution in [-0.2, 0) is 16.6 Å². The van der Waals surface area contributed by atoms with E-state index < -0.39 is 10.0 Å². The summed E-state index contributed by atoms with van der Waals surface area (Å²) in [6, 6.07) is 10.6. The molecule has 0 aliphatic heterocycles. The number of nitrogens with one attached hydrogen (secondary N) is 2. The summed E-state index contributed by atoms with van der Waals surface area (Å²) in [5, 5.41) is 2.86. The molecule has 0 unspecified atom stereocenters. The van der Waals surface area contributed by atoms with Gasteiger partial charge in [-0.05, 0) is 56.6 Å². The minimum atomic E-state index is -3.58. The zero-order chi connectivity index (χ0) is 17.9. The van der Waals surface area contributed by atoms with Gasteiger partial charge in [0.2, 0.25) is 10.0 Å². The highest BCUT2D eigenvalue weighted by Gasteiger charge is 2.16. The van der Waals surface area contributed by atoms with E-state index >= 15 is 0 Å². The third kappa shape index (κ3) is 4.01. The standard InChI is InChI=1S/C18H22N2O3S/c1-12-5-7-15(14(3)9-12)11-20-18(21)17-10-16(8-6-13(17)2)24(22,23)19-4/h5-10,19H,11H2,1-4H3,(H,20,21). The van der Waals surface area contributed by atoms with Crippen LogP contribution in [0.3, 0.4) is 0 Å². The Balaban J connectivity index is 2.22. The molecule has 0 bridgehead atoms. The first-order valence-corrected chi connectivity index (χ1v) is 9.11. The van der Waals surface area contributed by atoms with Crippen LogP contribution in [-0.4, -0.2) is 21.4 Å². The molecular weight excluding hydrogens is 324 g/mol. The molecular formula is C18H22N2O3S. The van der Waals surface area contributed by atoms with Crippen LogP contribution in [0.4, 0.5) is 0 Å². The highest BCUT2D eigenvalue weighted by molar-refractivity contribution is 7.89. The van der Waals surface area contributed by atoms with Gasteiger partial charge < -0.3 is 5.32 Å². The van der Waals surface area contributed by atoms with E-state index in [1.165, 1.54) is 24.7 Å². The van der Waals surface area contributed by atoms with Crippen LogP contribution in [0.5, 0.6) is 0 Å². The van der Waals surface area contributed by atoms with Gasteiger partial charge in [0.1, 0.15) is 0 Å². The number of amides is 1. The second-order valence-electron chi connectivity index (χ2n) is 5.80. The number of carbonyl (C=O) groups is 1. The summed E-state index contributed by atoms with van der Waals surface area (Å²) in [5.74, 6) is -0.291. The van der Waals surface area contributed by atoms with Crippen LogP contribution in [0.25, 0.3) is 0 Å². The van der Waals surface area contributed by atoms with Crippen LogP contribution in [0.2, 0.25) is 0 Å². The Bertz CT molecular complexity index is 874. The van der Waals surface area contributed by atoms with Crippen molar-refractivity contribution in [3.8, 4) is 0 Å². The second kappa shape index (κ2) is 7.15. The second-order valence-corrected chi connectivity index (χ2v) is 7.68.